The van der Waals surface area contributed by atoms with Gasteiger partial charge in [0.05, 0.1) is 4.90 Å². The summed E-state index contributed by atoms with van der Waals surface area (Å²) in [5.74, 6) is 1.04. The van der Waals surface area contributed by atoms with Gasteiger partial charge in [-0.1, -0.05) is 53.0 Å². The summed E-state index contributed by atoms with van der Waals surface area (Å²) in [6.45, 7) is 2.33. The molecule has 0 spiro atoms. The van der Waals surface area contributed by atoms with Crippen molar-refractivity contribution in [3.05, 3.63) is 93.5 Å². The molecule has 3 aromatic carbocycles. The lowest BCUT2D eigenvalue weighted by Gasteiger charge is -2.10. The maximum atomic E-state index is 12.6. The van der Waals surface area contributed by atoms with Crippen LogP contribution in [0.3, 0.4) is 0 Å². The molecular formula is C23H22Cl2N2O3S2. The second-order valence-electron chi connectivity index (χ2n) is 7.01. The Morgan fingerprint density at radius 1 is 0.969 bits per heavy atom. The number of thioether (sulfide) groups is 1. The van der Waals surface area contributed by atoms with Gasteiger partial charge in [0.15, 0.2) is 0 Å². The number of aryl methyl sites for hydroxylation is 1. The van der Waals surface area contributed by atoms with E-state index in [1.54, 1.807) is 72.4 Å². The van der Waals surface area contributed by atoms with Crippen molar-refractivity contribution in [3.63, 3.8) is 0 Å². The number of sulfonamides is 1. The number of benzene rings is 3. The minimum Gasteiger partial charge on any atom is -0.351 e. The summed E-state index contributed by atoms with van der Waals surface area (Å²) in [5, 5.41) is 4.09. The molecule has 0 aromatic heterocycles. The van der Waals surface area contributed by atoms with E-state index in [-0.39, 0.29) is 10.8 Å². The van der Waals surface area contributed by atoms with Gasteiger partial charge < -0.3 is 5.32 Å². The highest BCUT2D eigenvalue weighted by molar-refractivity contribution is 7.98. The number of amides is 1. The SMILES string of the molecule is Cc1ccc(S(=O)(=O)Nc2cccc(C(=O)NCCSCc3c(Cl)cccc3Cl)c2)cc1. The maximum absolute atomic E-state index is 12.6. The van der Waals surface area contributed by atoms with E-state index >= 15 is 0 Å². The molecule has 3 rings (SSSR count). The van der Waals surface area contributed by atoms with Crippen LogP contribution in [-0.2, 0) is 15.8 Å². The third-order valence-electron chi connectivity index (χ3n) is 4.55. The van der Waals surface area contributed by atoms with Crippen molar-refractivity contribution in [3.8, 4) is 0 Å². The van der Waals surface area contributed by atoms with E-state index in [0.29, 0.717) is 39.3 Å². The second-order valence-corrected chi connectivity index (χ2v) is 10.6. The van der Waals surface area contributed by atoms with E-state index < -0.39 is 10.0 Å². The first-order valence-electron chi connectivity index (χ1n) is 9.74. The topological polar surface area (TPSA) is 75.3 Å². The molecule has 3 aromatic rings. The third kappa shape index (κ3) is 6.65. The van der Waals surface area contributed by atoms with Crippen molar-refractivity contribution in [1.82, 2.24) is 5.32 Å². The number of anilines is 1. The molecule has 0 heterocycles. The molecule has 0 aliphatic rings. The molecule has 0 fully saturated rings. The maximum Gasteiger partial charge on any atom is 0.261 e. The second kappa shape index (κ2) is 11.1. The van der Waals surface area contributed by atoms with Gasteiger partial charge >= 0.3 is 0 Å². The van der Waals surface area contributed by atoms with Gasteiger partial charge in [0.25, 0.3) is 15.9 Å². The Morgan fingerprint density at radius 2 is 1.62 bits per heavy atom. The monoisotopic (exact) mass is 508 g/mol. The van der Waals surface area contributed by atoms with Crippen molar-refractivity contribution >= 4 is 56.6 Å². The number of nitrogens with one attached hydrogen (secondary N) is 2. The lowest BCUT2D eigenvalue weighted by molar-refractivity contribution is 0.0956. The standard InChI is InChI=1S/C23H22Cl2N2O3S2/c1-16-8-10-19(11-9-16)32(29,30)27-18-5-2-4-17(14-18)23(28)26-12-13-31-15-20-21(24)6-3-7-22(20)25/h2-11,14,27H,12-13,15H2,1H3,(H,26,28). The predicted molar refractivity (Wildman–Crippen MR) is 133 cm³/mol. The summed E-state index contributed by atoms with van der Waals surface area (Å²) in [7, 11) is -3.74. The molecule has 0 unspecified atom stereocenters. The van der Waals surface area contributed by atoms with Crippen LogP contribution < -0.4 is 10.0 Å². The van der Waals surface area contributed by atoms with Crippen molar-refractivity contribution < 1.29 is 13.2 Å². The van der Waals surface area contributed by atoms with E-state index in [1.165, 1.54) is 6.07 Å². The average Bonchev–Trinajstić information content (AvgIpc) is 2.75. The van der Waals surface area contributed by atoms with Gasteiger partial charge in [-0.15, -0.1) is 0 Å². The van der Waals surface area contributed by atoms with Crippen LogP contribution in [0.2, 0.25) is 10.0 Å². The molecule has 32 heavy (non-hydrogen) atoms. The van der Waals surface area contributed by atoms with Crippen molar-refractivity contribution in [1.29, 1.82) is 0 Å². The molecule has 0 saturated carbocycles. The van der Waals surface area contributed by atoms with E-state index in [9.17, 15) is 13.2 Å². The molecule has 0 aliphatic carbocycles. The van der Waals surface area contributed by atoms with Crippen molar-refractivity contribution in [2.24, 2.45) is 0 Å². The number of rotatable bonds is 9. The fraction of sp³-hybridized carbons (Fsp3) is 0.174. The predicted octanol–water partition coefficient (Wildman–Crippen LogP) is 5.77. The van der Waals surface area contributed by atoms with Crippen LogP contribution >= 0.6 is 35.0 Å². The highest BCUT2D eigenvalue weighted by Gasteiger charge is 2.15. The van der Waals surface area contributed by atoms with Gasteiger partial charge in [0.1, 0.15) is 0 Å². The Morgan fingerprint density at radius 3 is 2.31 bits per heavy atom. The smallest absolute Gasteiger partial charge is 0.261 e. The molecule has 0 saturated heterocycles. The first-order chi connectivity index (χ1) is 15.3. The van der Waals surface area contributed by atoms with Gasteiger partial charge in [-0.2, -0.15) is 11.8 Å². The van der Waals surface area contributed by atoms with Crippen LogP contribution in [0.25, 0.3) is 0 Å². The highest BCUT2D eigenvalue weighted by atomic mass is 35.5. The van der Waals surface area contributed by atoms with Gasteiger partial charge in [-0.3, -0.25) is 9.52 Å². The Balaban J connectivity index is 1.53. The van der Waals surface area contributed by atoms with Gasteiger partial charge in [-0.05, 0) is 55.0 Å². The first kappa shape index (κ1) is 24.5. The lowest BCUT2D eigenvalue weighted by atomic mass is 10.2. The molecular weight excluding hydrogens is 487 g/mol. The number of carbonyl (C=O) groups is 1. The summed E-state index contributed by atoms with van der Waals surface area (Å²) >= 11 is 13.9. The number of hydrogen-bond acceptors (Lipinski definition) is 4. The van der Waals surface area contributed by atoms with Crippen LogP contribution in [0, 0.1) is 6.92 Å². The fourth-order valence-electron chi connectivity index (χ4n) is 2.84. The molecule has 168 valence electrons. The number of carbonyl (C=O) groups excluding carboxylic acids is 1. The molecule has 5 nitrogen and oxygen atoms in total. The van der Waals surface area contributed by atoms with Crippen molar-refractivity contribution in [2.45, 2.75) is 17.6 Å². The highest BCUT2D eigenvalue weighted by Crippen LogP contribution is 2.28. The molecule has 1 amide bonds. The third-order valence-corrected chi connectivity index (χ3v) is 7.64. The van der Waals surface area contributed by atoms with E-state index in [4.69, 9.17) is 23.2 Å². The molecule has 0 bridgehead atoms. The number of halogens is 2. The van der Waals surface area contributed by atoms with Gasteiger partial charge in [-0.25, -0.2) is 8.42 Å². The van der Waals surface area contributed by atoms with E-state index in [1.807, 2.05) is 6.92 Å². The van der Waals surface area contributed by atoms with Gasteiger partial charge in [0.2, 0.25) is 0 Å². The van der Waals surface area contributed by atoms with Crippen LogP contribution in [0.1, 0.15) is 21.5 Å². The zero-order valence-corrected chi connectivity index (χ0v) is 20.4. The zero-order valence-electron chi connectivity index (χ0n) is 17.3. The minimum atomic E-state index is -3.74. The first-order valence-corrected chi connectivity index (χ1v) is 13.1. The summed E-state index contributed by atoms with van der Waals surface area (Å²) in [6.07, 6.45) is 0. The quantitative estimate of drug-likeness (QED) is 0.360. The number of hydrogen-bond donors (Lipinski definition) is 2. The Labute approximate surface area is 202 Å². The van der Waals surface area contributed by atoms with E-state index in [2.05, 4.69) is 10.0 Å². The molecule has 2 N–H and O–H groups in total. The molecule has 9 heteroatoms. The zero-order chi connectivity index (χ0) is 23.1. The van der Waals surface area contributed by atoms with Crippen LogP contribution in [0.15, 0.2) is 71.6 Å². The lowest BCUT2D eigenvalue weighted by Crippen LogP contribution is -2.26. The van der Waals surface area contributed by atoms with Crippen molar-refractivity contribution in [2.75, 3.05) is 17.0 Å². The largest absolute Gasteiger partial charge is 0.351 e. The van der Waals surface area contributed by atoms with Crippen LogP contribution in [0.5, 0.6) is 0 Å². The Kier molecular flexibility index (Phi) is 8.48. The molecule has 0 atom stereocenters. The van der Waals surface area contributed by atoms with Gasteiger partial charge in [0, 0.05) is 39.3 Å². The molecule has 0 radical (unpaired) electrons. The summed E-state index contributed by atoms with van der Waals surface area (Å²) in [4.78, 5) is 12.6. The fourth-order valence-corrected chi connectivity index (χ4v) is 5.48. The minimum absolute atomic E-state index is 0.161. The molecule has 0 aliphatic heterocycles. The Hall–Kier alpha value is -2.19. The summed E-state index contributed by atoms with van der Waals surface area (Å²) < 4.78 is 27.7. The Bertz CT molecular complexity index is 1180. The summed E-state index contributed by atoms with van der Waals surface area (Å²) in [5.41, 5.74) is 2.53. The van der Waals surface area contributed by atoms with E-state index in [0.717, 1.165) is 11.1 Å². The summed E-state index contributed by atoms with van der Waals surface area (Å²) in [6, 6.07) is 18.3. The normalized spacial score (nSPS) is 11.2. The average molecular weight is 509 g/mol. The van der Waals surface area contributed by atoms with Crippen LogP contribution in [-0.4, -0.2) is 26.6 Å². The van der Waals surface area contributed by atoms with Crippen LogP contribution in [0.4, 0.5) is 5.69 Å².